The van der Waals surface area contributed by atoms with Gasteiger partial charge in [-0.2, -0.15) is 5.26 Å². The summed E-state index contributed by atoms with van der Waals surface area (Å²) in [5, 5.41) is 9.26. The van der Waals surface area contributed by atoms with Crippen LogP contribution in [-0.2, 0) is 10.5 Å². The molecule has 0 heterocycles. The molecule has 0 saturated carbocycles. The Balaban J connectivity index is 2.77. The number of carbonyl (C=O) groups is 1. The van der Waals surface area contributed by atoms with Gasteiger partial charge in [0.05, 0.1) is 19.2 Å². The van der Waals surface area contributed by atoms with E-state index in [2.05, 4.69) is 6.07 Å². The maximum atomic E-state index is 12.8. The van der Waals surface area contributed by atoms with Crippen LogP contribution in [0.5, 0.6) is 5.75 Å². The highest BCUT2D eigenvalue weighted by Crippen LogP contribution is 2.32. The topological polar surface area (TPSA) is 79.4 Å². The lowest BCUT2D eigenvalue weighted by Crippen LogP contribution is -2.55. The molecule has 0 aliphatic heterocycles. The standard InChI is InChI=1S/C19H29N3O2S/c1-6-15(12-20)22(7-2)18(23)17(21)19(3,4)25-13-14-8-10-16(24-5)11-9-14/h8-11,15,17H,6-7,13,21H2,1-5H3/t15-,17+/m0/s1. The van der Waals surface area contributed by atoms with Crippen LogP contribution >= 0.6 is 11.8 Å². The van der Waals surface area contributed by atoms with E-state index in [9.17, 15) is 10.1 Å². The van der Waals surface area contributed by atoms with E-state index in [1.807, 2.05) is 52.0 Å². The van der Waals surface area contributed by atoms with Gasteiger partial charge in [0.2, 0.25) is 5.91 Å². The van der Waals surface area contributed by atoms with Crippen LogP contribution in [0.2, 0.25) is 0 Å². The van der Waals surface area contributed by atoms with Gasteiger partial charge in [-0.25, -0.2) is 0 Å². The molecule has 1 aromatic carbocycles. The largest absolute Gasteiger partial charge is 0.497 e. The normalized spacial score (nSPS) is 13.6. The van der Waals surface area contributed by atoms with Crippen LogP contribution in [0.1, 0.15) is 39.7 Å². The number of amides is 1. The highest BCUT2D eigenvalue weighted by atomic mass is 32.2. The van der Waals surface area contributed by atoms with E-state index < -0.39 is 16.8 Å². The van der Waals surface area contributed by atoms with E-state index >= 15 is 0 Å². The number of likely N-dealkylation sites (N-methyl/N-ethyl adjacent to an activating group) is 1. The zero-order valence-electron chi connectivity index (χ0n) is 15.8. The average Bonchev–Trinajstić information content (AvgIpc) is 2.63. The third-order valence-electron chi connectivity index (χ3n) is 4.32. The Labute approximate surface area is 155 Å². The first-order valence-corrected chi connectivity index (χ1v) is 9.51. The minimum Gasteiger partial charge on any atom is -0.497 e. The smallest absolute Gasteiger partial charge is 0.241 e. The molecule has 0 unspecified atom stereocenters. The fourth-order valence-corrected chi connectivity index (χ4v) is 3.48. The monoisotopic (exact) mass is 363 g/mol. The quantitative estimate of drug-likeness (QED) is 0.729. The number of hydrogen-bond donors (Lipinski definition) is 1. The molecule has 0 aromatic heterocycles. The number of methoxy groups -OCH3 is 1. The molecule has 0 saturated heterocycles. The Morgan fingerprint density at radius 1 is 1.36 bits per heavy atom. The Morgan fingerprint density at radius 3 is 2.40 bits per heavy atom. The first-order valence-electron chi connectivity index (χ1n) is 8.53. The van der Waals surface area contributed by atoms with Gasteiger partial charge < -0.3 is 15.4 Å². The van der Waals surface area contributed by atoms with Gasteiger partial charge in [-0.3, -0.25) is 4.79 Å². The molecule has 5 nitrogen and oxygen atoms in total. The average molecular weight is 364 g/mol. The van der Waals surface area contributed by atoms with Crippen LogP contribution in [-0.4, -0.2) is 41.3 Å². The number of benzene rings is 1. The van der Waals surface area contributed by atoms with Crippen LogP contribution < -0.4 is 10.5 Å². The van der Waals surface area contributed by atoms with Crippen molar-refractivity contribution in [1.82, 2.24) is 4.90 Å². The van der Waals surface area contributed by atoms with Crippen molar-refractivity contribution in [2.24, 2.45) is 5.73 Å². The summed E-state index contributed by atoms with van der Waals surface area (Å²) in [7, 11) is 1.64. The van der Waals surface area contributed by atoms with Crippen molar-refractivity contribution in [2.75, 3.05) is 13.7 Å². The highest BCUT2D eigenvalue weighted by Gasteiger charge is 2.36. The number of carbonyl (C=O) groups excluding carboxylic acids is 1. The van der Waals surface area contributed by atoms with Crippen molar-refractivity contribution in [3.05, 3.63) is 29.8 Å². The van der Waals surface area contributed by atoms with E-state index in [4.69, 9.17) is 10.5 Å². The third kappa shape index (κ3) is 5.65. The zero-order chi connectivity index (χ0) is 19.0. The van der Waals surface area contributed by atoms with E-state index in [0.29, 0.717) is 13.0 Å². The number of hydrogen-bond acceptors (Lipinski definition) is 5. The lowest BCUT2D eigenvalue weighted by molar-refractivity contribution is -0.134. The Kier molecular flexibility index (Phi) is 8.27. The summed E-state index contributed by atoms with van der Waals surface area (Å²) in [6, 6.07) is 8.96. The third-order valence-corrected chi connectivity index (χ3v) is 5.80. The van der Waals surface area contributed by atoms with Crippen LogP contribution in [0.15, 0.2) is 24.3 Å². The minimum atomic E-state index is -0.668. The second-order valence-electron chi connectivity index (χ2n) is 6.40. The van der Waals surface area contributed by atoms with Gasteiger partial charge in [-0.05, 0) is 44.9 Å². The number of nitriles is 1. The van der Waals surface area contributed by atoms with Crippen molar-refractivity contribution < 1.29 is 9.53 Å². The molecule has 2 atom stereocenters. The molecule has 0 aliphatic carbocycles. The fourth-order valence-electron chi connectivity index (χ4n) is 2.47. The lowest BCUT2D eigenvalue weighted by atomic mass is 10.0. The number of nitrogens with zero attached hydrogens (tertiary/aromatic N) is 2. The molecule has 25 heavy (non-hydrogen) atoms. The molecule has 2 N–H and O–H groups in total. The molecule has 138 valence electrons. The van der Waals surface area contributed by atoms with E-state index in [1.165, 1.54) is 0 Å². The summed E-state index contributed by atoms with van der Waals surface area (Å²) >= 11 is 1.64. The molecule has 0 fully saturated rings. The van der Waals surface area contributed by atoms with Crippen LogP contribution in [0.4, 0.5) is 0 Å². The molecule has 6 heteroatoms. The molecule has 1 aromatic rings. The van der Waals surface area contributed by atoms with Crippen molar-refractivity contribution >= 4 is 17.7 Å². The fraction of sp³-hybridized carbons (Fsp3) is 0.579. The number of ether oxygens (including phenoxy) is 1. The summed E-state index contributed by atoms with van der Waals surface area (Å²) in [6.45, 7) is 8.22. The maximum absolute atomic E-state index is 12.8. The SMILES string of the molecule is CC[C@@H](C#N)N(CC)C(=O)[C@@H](N)C(C)(C)SCc1ccc(OC)cc1. The number of thioether (sulfide) groups is 1. The predicted octanol–water partition coefficient (Wildman–Crippen LogP) is 3.18. The minimum absolute atomic E-state index is 0.164. The molecule has 0 spiro atoms. The van der Waals surface area contributed by atoms with Gasteiger partial charge in [0.1, 0.15) is 11.8 Å². The molecular weight excluding hydrogens is 334 g/mol. The second-order valence-corrected chi connectivity index (χ2v) is 8.02. The number of rotatable bonds is 9. The first-order chi connectivity index (χ1) is 11.8. The van der Waals surface area contributed by atoms with Gasteiger partial charge in [-0.15, -0.1) is 11.8 Å². The van der Waals surface area contributed by atoms with Crippen LogP contribution in [0.25, 0.3) is 0 Å². The van der Waals surface area contributed by atoms with E-state index in [-0.39, 0.29) is 5.91 Å². The van der Waals surface area contributed by atoms with Crippen molar-refractivity contribution in [3.63, 3.8) is 0 Å². The first kappa shape index (κ1) is 21.3. The lowest BCUT2D eigenvalue weighted by Gasteiger charge is -2.35. The molecule has 0 radical (unpaired) electrons. The summed E-state index contributed by atoms with van der Waals surface area (Å²) in [5.41, 5.74) is 7.43. The summed E-state index contributed by atoms with van der Waals surface area (Å²) in [5.74, 6) is 1.41. The highest BCUT2D eigenvalue weighted by molar-refractivity contribution is 7.99. The van der Waals surface area contributed by atoms with Gasteiger partial charge in [0.25, 0.3) is 0 Å². The molecule has 1 rings (SSSR count). The molecule has 0 bridgehead atoms. The summed E-state index contributed by atoms with van der Waals surface area (Å²) < 4.78 is 4.72. The van der Waals surface area contributed by atoms with Crippen LogP contribution in [0, 0.1) is 11.3 Å². The van der Waals surface area contributed by atoms with Crippen molar-refractivity contribution in [2.45, 2.75) is 56.7 Å². The van der Waals surface area contributed by atoms with Crippen molar-refractivity contribution in [3.8, 4) is 11.8 Å². The number of nitrogens with two attached hydrogens (primary N) is 1. The van der Waals surface area contributed by atoms with Crippen molar-refractivity contribution in [1.29, 1.82) is 5.26 Å². The zero-order valence-corrected chi connectivity index (χ0v) is 16.6. The van der Waals surface area contributed by atoms with Gasteiger partial charge in [0, 0.05) is 17.0 Å². The Morgan fingerprint density at radius 2 is 1.96 bits per heavy atom. The molecular formula is C19H29N3O2S. The summed E-state index contributed by atoms with van der Waals surface area (Å²) in [4.78, 5) is 14.4. The van der Waals surface area contributed by atoms with E-state index in [0.717, 1.165) is 17.1 Å². The summed E-state index contributed by atoms with van der Waals surface area (Å²) in [6.07, 6.45) is 0.599. The van der Waals surface area contributed by atoms with Gasteiger partial charge >= 0.3 is 0 Å². The molecule has 1 amide bonds. The predicted molar refractivity (Wildman–Crippen MR) is 103 cm³/mol. The van der Waals surface area contributed by atoms with E-state index in [1.54, 1.807) is 23.8 Å². The second kappa shape index (κ2) is 9.69. The maximum Gasteiger partial charge on any atom is 0.241 e. The van der Waals surface area contributed by atoms with Crippen LogP contribution in [0.3, 0.4) is 0 Å². The van der Waals surface area contributed by atoms with Gasteiger partial charge in [0.15, 0.2) is 0 Å². The Bertz CT molecular complexity index is 596. The molecule has 0 aliphatic rings. The Hall–Kier alpha value is -1.71. The van der Waals surface area contributed by atoms with Gasteiger partial charge in [-0.1, -0.05) is 19.1 Å².